The average Bonchev–Trinajstić information content (AvgIpc) is 3.21. The quantitative estimate of drug-likeness (QED) is 0.218. The molecule has 0 saturated carbocycles. The summed E-state index contributed by atoms with van der Waals surface area (Å²) in [5.41, 5.74) is -0.411. The molecule has 1 aliphatic rings. The van der Waals surface area contributed by atoms with Gasteiger partial charge in [0.05, 0.1) is 5.02 Å². The zero-order chi connectivity index (χ0) is 26.3. The van der Waals surface area contributed by atoms with Gasteiger partial charge in [-0.25, -0.2) is 8.42 Å². The van der Waals surface area contributed by atoms with E-state index in [1.54, 1.807) is 12.1 Å². The molecular formula is C23H18Cl3N5O5S. The number of aromatic nitrogens is 2. The number of halogens is 3. The minimum absolute atomic E-state index is 0.0156. The van der Waals surface area contributed by atoms with E-state index in [9.17, 15) is 13.2 Å². The van der Waals surface area contributed by atoms with E-state index in [-0.39, 0.29) is 45.5 Å². The van der Waals surface area contributed by atoms with E-state index >= 15 is 0 Å². The van der Waals surface area contributed by atoms with Crippen LogP contribution in [0.1, 0.15) is 0 Å². The van der Waals surface area contributed by atoms with Crippen molar-refractivity contribution in [2.45, 2.75) is 10.9 Å². The number of rotatable bonds is 5. The van der Waals surface area contributed by atoms with Crippen molar-refractivity contribution < 1.29 is 27.3 Å². The number of carbonyl (C=O) groups is 1. The summed E-state index contributed by atoms with van der Waals surface area (Å²) in [7, 11) is -4.10. The molecule has 14 heteroatoms. The minimum atomic E-state index is -4.10. The number of esters is 1. The number of nitrogens with zero attached hydrogens (tertiary/aromatic N) is 4. The molecule has 0 bridgehead atoms. The van der Waals surface area contributed by atoms with E-state index in [0.29, 0.717) is 0 Å². The van der Waals surface area contributed by atoms with Crippen LogP contribution in [0.5, 0.6) is 5.75 Å². The van der Waals surface area contributed by atoms with Crippen LogP contribution in [0.3, 0.4) is 0 Å². The van der Waals surface area contributed by atoms with E-state index in [4.69, 9.17) is 49.5 Å². The van der Waals surface area contributed by atoms with Crippen LogP contribution in [0.15, 0.2) is 70.1 Å². The van der Waals surface area contributed by atoms with Crippen molar-refractivity contribution in [3.05, 3.63) is 81.4 Å². The van der Waals surface area contributed by atoms with Crippen molar-refractivity contribution in [1.82, 2.24) is 9.58 Å². The summed E-state index contributed by atoms with van der Waals surface area (Å²) in [4.78, 5) is 14.3. The Labute approximate surface area is 226 Å². The summed E-state index contributed by atoms with van der Waals surface area (Å²) in [6.45, 7) is -0.361. The Hall–Kier alpha value is -3.09. The van der Waals surface area contributed by atoms with Gasteiger partial charge in [-0.1, -0.05) is 58.3 Å². The van der Waals surface area contributed by atoms with Gasteiger partial charge in [-0.05, 0) is 58.0 Å². The topological polar surface area (TPSA) is 122 Å². The van der Waals surface area contributed by atoms with Gasteiger partial charge in [-0.15, -0.1) is 0 Å². The lowest BCUT2D eigenvalue weighted by Crippen LogP contribution is -2.74. The first kappa shape index (κ1) is 25.6. The van der Waals surface area contributed by atoms with Crippen LogP contribution in [-0.4, -0.2) is 44.4 Å². The van der Waals surface area contributed by atoms with Crippen molar-refractivity contribution in [2.75, 3.05) is 24.6 Å². The SMILES string of the molecule is N=c1o[n-][n+](N2CCN(S(=O)(=O)c3ccc(Cl)cc3Cl)CC2C(=O)Oc2ccc3ccccc3c2)c1Cl. The van der Waals surface area contributed by atoms with Gasteiger partial charge >= 0.3 is 16.7 Å². The van der Waals surface area contributed by atoms with Gasteiger partial charge < -0.3 is 9.26 Å². The minimum Gasteiger partial charge on any atom is -0.426 e. The summed E-state index contributed by atoms with van der Waals surface area (Å²) in [5, 5.41) is 14.7. The van der Waals surface area contributed by atoms with Crippen molar-refractivity contribution >= 4 is 61.6 Å². The summed E-state index contributed by atoms with van der Waals surface area (Å²) in [6.07, 6.45) is 0. The Morgan fingerprint density at radius 3 is 2.51 bits per heavy atom. The molecule has 0 aliphatic carbocycles. The molecule has 37 heavy (non-hydrogen) atoms. The lowest BCUT2D eigenvalue weighted by molar-refractivity contribution is -0.764. The molecule has 10 nitrogen and oxygen atoms in total. The number of carbonyl (C=O) groups excluding carboxylic acids is 1. The second kappa shape index (κ2) is 9.99. The van der Waals surface area contributed by atoms with Gasteiger partial charge in [0.15, 0.2) is 0 Å². The number of sulfonamides is 1. The van der Waals surface area contributed by atoms with Gasteiger partial charge in [0.2, 0.25) is 10.0 Å². The predicted octanol–water partition coefficient (Wildman–Crippen LogP) is 2.73. The lowest BCUT2D eigenvalue weighted by Gasteiger charge is -2.39. The predicted molar refractivity (Wildman–Crippen MR) is 135 cm³/mol. The Kier molecular flexibility index (Phi) is 6.90. The maximum Gasteiger partial charge on any atom is 0.360 e. The number of fused-ring (bicyclic) bond motifs is 1. The highest BCUT2D eigenvalue weighted by Gasteiger charge is 2.40. The second-order valence-corrected chi connectivity index (χ2v) is 11.2. The Bertz CT molecular complexity index is 1670. The Morgan fingerprint density at radius 2 is 1.81 bits per heavy atom. The van der Waals surface area contributed by atoms with Crippen LogP contribution >= 0.6 is 34.8 Å². The number of ether oxygens (including phenoxy) is 1. The molecule has 1 atom stereocenters. The first-order valence-corrected chi connectivity index (χ1v) is 13.4. The summed E-state index contributed by atoms with van der Waals surface area (Å²) in [6, 6.07) is 15.6. The zero-order valence-electron chi connectivity index (χ0n) is 18.8. The van der Waals surface area contributed by atoms with E-state index in [1.165, 1.54) is 23.2 Å². The van der Waals surface area contributed by atoms with Crippen LogP contribution in [0.4, 0.5) is 0 Å². The molecule has 3 aromatic carbocycles. The van der Waals surface area contributed by atoms with E-state index in [2.05, 4.69) is 5.27 Å². The van der Waals surface area contributed by atoms with Crippen molar-refractivity contribution in [3.8, 4) is 5.75 Å². The van der Waals surface area contributed by atoms with Crippen LogP contribution in [0, 0.1) is 5.41 Å². The maximum atomic E-state index is 13.4. The molecule has 1 aliphatic heterocycles. The van der Waals surface area contributed by atoms with Gasteiger partial charge in [0.25, 0.3) is 0 Å². The maximum absolute atomic E-state index is 13.4. The molecule has 1 fully saturated rings. The first-order chi connectivity index (χ1) is 17.6. The summed E-state index contributed by atoms with van der Waals surface area (Å²) >= 11 is 18.3. The third-order valence-corrected chi connectivity index (χ3v) is 8.76. The third-order valence-electron chi connectivity index (χ3n) is 5.85. The van der Waals surface area contributed by atoms with Crippen molar-refractivity contribution in [2.24, 2.45) is 0 Å². The van der Waals surface area contributed by atoms with Gasteiger partial charge in [0.1, 0.15) is 16.7 Å². The molecule has 1 unspecified atom stereocenters. The number of nitrogens with one attached hydrogen (secondary N) is 1. The van der Waals surface area contributed by atoms with Gasteiger partial charge in [-0.2, -0.15) is 4.31 Å². The fourth-order valence-electron chi connectivity index (χ4n) is 4.03. The molecule has 4 aromatic rings. The van der Waals surface area contributed by atoms with Crippen LogP contribution in [-0.2, 0) is 14.8 Å². The normalized spacial score (nSPS) is 16.7. The highest BCUT2D eigenvalue weighted by molar-refractivity contribution is 7.89. The smallest absolute Gasteiger partial charge is 0.360 e. The highest BCUT2D eigenvalue weighted by Crippen LogP contribution is 2.29. The zero-order valence-corrected chi connectivity index (χ0v) is 21.9. The Balaban J connectivity index is 1.48. The fourth-order valence-corrected chi connectivity index (χ4v) is 6.38. The lowest BCUT2D eigenvalue weighted by atomic mass is 10.1. The first-order valence-electron chi connectivity index (χ1n) is 10.9. The Morgan fingerprint density at radius 1 is 1.05 bits per heavy atom. The summed E-state index contributed by atoms with van der Waals surface area (Å²) in [5.74, 6) is -0.475. The standard InChI is InChI=1S/C23H18Cl3N5O5S/c24-16-6-8-20(18(25)12-16)37(33,34)29-9-10-30(31-21(26)22(27)36-28-31)19(13-29)23(32)35-17-7-5-14-3-1-2-4-15(14)11-17/h1-8,11-12,19,27H,9-10,13H2. The molecule has 1 aromatic heterocycles. The average molecular weight is 583 g/mol. The number of hydrogen-bond donors (Lipinski definition) is 1. The molecule has 0 amide bonds. The van der Waals surface area contributed by atoms with Gasteiger partial charge in [-0.3, -0.25) is 15.2 Å². The number of piperazine rings is 1. The third kappa shape index (κ3) is 4.92. The molecule has 192 valence electrons. The van der Waals surface area contributed by atoms with Crippen LogP contribution < -0.4 is 25.4 Å². The van der Waals surface area contributed by atoms with E-state index < -0.39 is 27.6 Å². The van der Waals surface area contributed by atoms with Crippen molar-refractivity contribution in [1.29, 1.82) is 5.41 Å². The molecule has 5 rings (SSSR count). The van der Waals surface area contributed by atoms with E-state index in [1.807, 2.05) is 30.3 Å². The number of hydrogen-bond acceptors (Lipinski definition) is 7. The van der Waals surface area contributed by atoms with E-state index in [0.717, 1.165) is 19.9 Å². The molecule has 1 saturated heterocycles. The summed E-state index contributed by atoms with van der Waals surface area (Å²) < 4.78 is 38.5. The van der Waals surface area contributed by atoms with Crippen molar-refractivity contribution in [3.63, 3.8) is 0 Å². The van der Waals surface area contributed by atoms with Crippen LogP contribution in [0.25, 0.3) is 10.8 Å². The highest BCUT2D eigenvalue weighted by atomic mass is 35.5. The monoisotopic (exact) mass is 581 g/mol. The second-order valence-electron chi connectivity index (χ2n) is 8.13. The van der Waals surface area contributed by atoms with Gasteiger partial charge in [0, 0.05) is 24.7 Å². The molecule has 0 spiro atoms. The van der Waals surface area contributed by atoms with Crippen LogP contribution in [0.2, 0.25) is 15.2 Å². The molecule has 1 N–H and O–H groups in total. The number of benzene rings is 3. The molecule has 2 heterocycles. The molecule has 0 radical (unpaired) electrons. The molecular weight excluding hydrogens is 565 g/mol. The largest absolute Gasteiger partial charge is 0.426 e. The fraction of sp³-hybridized carbons (Fsp3) is 0.174.